The molecule has 2 aliphatic rings. The third-order valence-corrected chi connectivity index (χ3v) is 5.28. The number of carbonyl (C=O) groups excluding carboxylic acids is 2. The van der Waals surface area contributed by atoms with Crippen molar-refractivity contribution in [1.82, 2.24) is 15.1 Å². The minimum Gasteiger partial charge on any atom is -0.368 e. The van der Waals surface area contributed by atoms with Gasteiger partial charge >= 0.3 is 0 Å². The summed E-state index contributed by atoms with van der Waals surface area (Å²) in [6.45, 7) is 4.83. The molecule has 0 radical (unpaired) electrons. The van der Waals surface area contributed by atoms with E-state index >= 15 is 0 Å². The van der Waals surface area contributed by atoms with Crippen LogP contribution in [0.3, 0.4) is 0 Å². The van der Waals surface area contributed by atoms with Gasteiger partial charge in [-0.25, -0.2) is 4.39 Å². The molecule has 4 rings (SSSR count). The number of halogens is 1. The quantitative estimate of drug-likeness (QED) is 0.867. The Morgan fingerprint density at radius 3 is 2.74 bits per heavy atom. The third-order valence-electron chi connectivity index (χ3n) is 5.28. The van der Waals surface area contributed by atoms with Crippen molar-refractivity contribution in [2.45, 2.75) is 44.9 Å². The summed E-state index contributed by atoms with van der Waals surface area (Å²) >= 11 is 0. The van der Waals surface area contributed by atoms with Gasteiger partial charge in [0, 0.05) is 17.7 Å². The smallest absolute Gasteiger partial charge is 0.256 e. The molecule has 1 atom stereocenters. The second-order valence-corrected chi connectivity index (χ2v) is 7.37. The number of carbonyl (C=O) groups is 2. The van der Waals surface area contributed by atoms with Gasteiger partial charge in [0.2, 0.25) is 0 Å². The number of fused-ring (bicyclic) bond motifs is 1. The van der Waals surface area contributed by atoms with E-state index in [1.165, 1.54) is 24.3 Å². The van der Waals surface area contributed by atoms with Crippen LogP contribution in [-0.2, 0) is 21.6 Å². The number of benzene rings is 1. The Hall–Kier alpha value is -2.74. The van der Waals surface area contributed by atoms with E-state index in [2.05, 4.69) is 15.5 Å². The average Bonchev–Trinajstić information content (AvgIpc) is 3.34. The van der Waals surface area contributed by atoms with E-state index in [4.69, 9.17) is 4.74 Å². The second-order valence-electron chi connectivity index (χ2n) is 7.37. The number of aromatic nitrogens is 2. The fourth-order valence-electron chi connectivity index (χ4n) is 3.70. The van der Waals surface area contributed by atoms with E-state index in [1.807, 2.05) is 13.8 Å². The van der Waals surface area contributed by atoms with Crippen molar-refractivity contribution < 1.29 is 18.7 Å². The Morgan fingerprint density at radius 2 is 2.07 bits per heavy atom. The number of hydrogen-bond donors (Lipinski definition) is 2. The molecule has 1 saturated heterocycles. The molecular weight excluding hydrogens is 351 g/mol. The Morgan fingerprint density at radius 1 is 1.33 bits per heavy atom. The topological polar surface area (TPSA) is 87.3 Å². The van der Waals surface area contributed by atoms with E-state index in [0.29, 0.717) is 24.5 Å². The molecule has 1 aromatic carbocycles. The van der Waals surface area contributed by atoms with Crippen LogP contribution in [0.15, 0.2) is 24.3 Å². The maximum atomic E-state index is 13.0. The number of amides is 2. The number of nitrogens with one attached hydrogen (secondary N) is 2. The minimum absolute atomic E-state index is 0.0436. The maximum absolute atomic E-state index is 13.0. The van der Waals surface area contributed by atoms with Gasteiger partial charge in [-0.15, -0.1) is 0 Å². The first kappa shape index (κ1) is 17.7. The molecule has 2 amide bonds. The molecule has 3 heterocycles. The van der Waals surface area contributed by atoms with Crippen LogP contribution in [0.2, 0.25) is 0 Å². The van der Waals surface area contributed by atoms with E-state index in [-0.39, 0.29) is 11.8 Å². The molecule has 2 aromatic rings. The zero-order valence-electron chi connectivity index (χ0n) is 15.2. The first-order valence-electron chi connectivity index (χ1n) is 8.95. The van der Waals surface area contributed by atoms with Gasteiger partial charge in [0.25, 0.3) is 11.8 Å². The van der Waals surface area contributed by atoms with Crippen LogP contribution in [0.4, 0.5) is 10.2 Å². The summed E-state index contributed by atoms with van der Waals surface area (Å²) < 4.78 is 18.6. The molecule has 0 aliphatic carbocycles. The highest BCUT2D eigenvalue weighted by Crippen LogP contribution is 2.41. The van der Waals surface area contributed by atoms with Gasteiger partial charge in [-0.05, 0) is 51.0 Å². The van der Waals surface area contributed by atoms with Crippen molar-refractivity contribution in [3.63, 3.8) is 0 Å². The van der Waals surface area contributed by atoms with Crippen molar-refractivity contribution in [3.05, 3.63) is 46.9 Å². The normalized spacial score (nSPS) is 20.6. The van der Waals surface area contributed by atoms with Gasteiger partial charge in [0.15, 0.2) is 5.82 Å². The van der Waals surface area contributed by atoms with Crippen LogP contribution in [0.25, 0.3) is 0 Å². The van der Waals surface area contributed by atoms with Gasteiger partial charge in [-0.3, -0.25) is 14.7 Å². The first-order chi connectivity index (χ1) is 12.9. The summed E-state index contributed by atoms with van der Waals surface area (Å²) in [5.41, 5.74) is 1.33. The van der Waals surface area contributed by atoms with Crippen LogP contribution in [-0.4, -0.2) is 39.6 Å². The van der Waals surface area contributed by atoms with Crippen LogP contribution < -0.4 is 5.32 Å². The predicted molar refractivity (Wildman–Crippen MR) is 95.5 cm³/mol. The molecule has 8 heteroatoms. The SMILES string of the molecule is CC1(C)c2[nH]nc(NC(=O)c3ccc(F)cc3)c2CN1C(=O)[C@@H]1CCCO1. The maximum Gasteiger partial charge on any atom is 0.256 e. The number of rotatable bonds is 3. The Balaban J connectivity index is 1.55. The number of nitrogens with zero attached hydrogens (tertiary/aromatic N) is 2. The highest BCUT2D eigenvalue weighted by molar-refractivity contribution is 6.04. The van der Waals surface area contributed by atoms with Crippen molar-refractivity contribution >= 4 is 17.6 Å². The van der Waals surface area contributed by atoms with E-state index in [1.54, 1.807) is 4.90 Å². The molecule has 142 valence electrons. The summed E-state index contributed by atoms with van der Waals surface area (Å²) in [6, 6.07) is 5.29. The number of aromatic amines is 1. The van der Waals surface area contributed by atoms with Crippen LogP contribution in [0, 0.1) is 5.82 Å². The summed E-state index contributed by atoms with van der Waals surface area (Å²) in [6.07, 6.45) is 1.21. The zero-order valence-corrected chi connectivity index (χ0v) is 15.2. The number of anilines is 1. The first-order valence-corrected chi connectivity index (χ1v) is 8.95. The molecule has 2 aliphatic heterocycles. The Bertz CT molecular complexity index is 885. The number of hydrogen-bond acceptors (Lipinski definition) is 4. The molecule has 0 saturated carbocycles. The predicted octanol–water partition coefficient (Wildman–Crippen LogP) is 2.56. The number of ether oxygens (including phenoxy) is 1. The van der Waals surface area contributed by atoms with Crippen LogP contribution >= 0.6 is 0 Å². The molecule has 2 N–H and O–H groups in total. The average molecular weight is 372 g/mol. The summed E-state index contributed by atoms with van der Waals surface area (Å²) in [4.78, 5) is 27.0. The van der Waals surface area contributed by atoms with Gasteiger partial charge in [-0.1, -0.05) is 0 Å². The fraction of sp³-hybridized carbons (Fsp3) is 0.421. The standard InChI is InChI=1S/C19H21FN4O3/c1-19(2)15-13(10-24(19)18(26)14-4-3-9-27-14)16(23-22-15)21-17(25)11-5-7-12(20)8-6-11/h5-8,14H,3-4,9-10H2,1-2H3,(H2,21,22,23,25)/t14-/m0/s1. The van der Waals surface area contributed by atoms with Crippen molar-refractivity contribution in [2.24, 2.45) is 0 Å². The lowest BCUT2D eigenvalue weighted by Gasteiger charge is -2.33. The largest absolute Gasteiger partial charge is 0.368 e. The lowest BCUT2D eigenvalue weighted by atomic mass is 10.00. The molecule has 0 spiro atoms. The van der Waals surface area contributed by atoms with Crippen molar-refractivity contribution in [2.75, 3.05) is 11.9 Å². The molecular formula is C19H21FN4O3. The molecule has 0 unspecified atom stereocenters. The molecule has 1 aromatic heterocycles. The highest BCUT2D eigenvalue weighted by Gasteiger charge is 2.46. The fourth-order valence-corrected chi connectivity index (χ4v) is 3.70. The van der Waals surface area contributed by atoms with E-state index < -0.39 is 17.5 Å². The van der Waals surface area contributed by atoms with Crippen LogP contribution in [0.5, 0.6) is 0 Å². The summed E-state index contributed by atoms with van der Waals surface area (Å²) in [5, 5.41) is 9.92. The second kappa shape index (κ2) is 6.45. The van der Waals surface area contributed by atoms with E-state index in [0.717, 1.165) is 24.1 Å². The van der Waals surface area contributed by atoms with Gasteiger partial charge in [0.05, 0.1) is 17.8 Å². The van der Waals surface area contributed by atoms with Crippen molar-refractivity contribution in [1.29, 1.82) is 0 Å². The molecule has 0 bridgehead atoms. The Labute approximate surface area is 155 Å². The van der Waals surface area contributed by atoms with Gasteiger partial charge in [-0.2, -0.15) is 5.10 Å². The Kier molecular flexibility index (Phi) is 4.22. The summed E-state index contributed by atoms with van der Waals surface area (Å²) in [7, 11) is 0. The minimum atomic E-state index is -0.579. The molecule has 1 fully saturated rings. The monoisotopic (exact) mass is 372 g/mol. The van der Waals surface area contributed by atoms with Gasteiger partial charge < -0.3 is 15.0 Å². The number of H-pyrrole nitrogens is 1. The third kappa shape index (κ3) is 2.99. The molecule has 7 nitrogen and oxygen atoms in total. The lowest BCUT2D eigenvalue weighted by Crippen LogP contribution is -2.45. The summed E-state index contributed by atoms with van der Waals surface area (Å²) in [5.74, 6) is -0.448. The van der Waals surface area contributed by atoms with Gasteiger partial charge in [0.1, 0.15) is 11.9 Å². The lowest BCUT2D eigenvalue weighted by molar-refractivity contribution is -0.146. The highest BCUT2D eigenvalue weighted by atomic mass is 19.1. The zero-order chi connectivity index (χ0) is 19.2. The van der Waals surface area contributed by atoms with Crippen molar-refractivity contribution in [3.8, 4) is 0 Å². The molecule has 27 heavy (non-hydrogen) atoms. The van der Waals surface area contributed by atoms with Crippen LogP contribution in [0.1, 0.15) is 48.3 Å². The van der Waals surface area contributed by atoms with E-state index in [9.17, 15) is 14.0 Å².